The van der Waals surface area contributed by atoms with Gasteiger partial charge in [-0.3, -0.25) is 4.98 Å². The molecule has 0 amide bonds. The van der Waals surface area contributed by atoms with Crippen LogP contribution in [0.1, 0.15) is 17.0 Å². The van der Waals surface area contributed by atoms with E-state index in [2.05, 4.69) is 42.9 Å². The highest BCUT2D eigenvalue weighted by molar-refractivity contribution is 9.10. The number of benzene rings is 1. The van der Waals surface area contributed by atoms with Crippen molar-refractivity contribution in [1.82, 2.24) is 4.98 Å². The Labute approximate surface area is 123 Å². The normalized spacial score (nSPS) is 12.4. The van der Waals surface area contributed by atoms with E-state index in [4.69, 9.17) is 0 Å². The third-order valence-corrected chi connectivity index (χ3v) is 3.99. The summed E-state index contributed by atoms with van der Waals surface area (Å²) in [6.45, 7) is 0. The smallest absolute Gasteiger partial charge is 0.123 e. The maximum absolute atomic E-state index is 12.9. The Balaban J connectivity index is 2.17. The number of aromatic nitrogens is 1. The molecule has 2 rings (SSSR count). The van der Waals surface area contributed by atoms with Crippen LogP contribution in [0.4, 0.5) is 4.39 Å². The van der Waals surface area contributed by atoms with Crippen molar-refractivity contribution in [3.8, 4) is 0 Å². The van der Waals surface area contributed by atoms with E-state index in [0.717, 1.165) is 27.4 Å². The molecule has 0 spiro atoms. The van der Waals surface area contributed by atoms with E-state index in [0.29, 0.717) is 5.92 Å². The molecule has 1 atom stereocenters. The minimum atomic E-state index is -0.198. The molecule has 0 aliphatic heterocycles. The molecular weight excluding hydrogens is 361 g/mol. The first kappa shape index (κ1) is 13.7. The number of alkyl halides is 1. The minimum absolute atomic E-state index is 0.198. The lowest BCUT2D eigenvalue weighted by atomic mass is 9.94. The van der Waals surface area contributed by atoms with Crippen LogP contribution >= 0.6 is 31.9 Å². The van der Waals surface area contributed by atoms with E-state index < -0.39 is 0 Å². The molecular formula is C14H12Br2FN. The van der Waals surface area contributed by atoms with Gasteiger partial charge in [0.1, 0.15) is 5.82 Å². The van der Waals surface area contributed by atoms with Gasteiger partial charge in [0.25, 0.3) is 0 Å². The standard InChI is InChI=1S/C14H12Br2FN/c15-7-12(11-1-3-14(17)4-2-11)5-10-6-13(16)9-18-8-10/h1-4,6,8-9,12H,5,7H2. The number of nitrogens with zero attached hydrogens (tertiary/aromatic N) is 1. The van der Waals surface area contributed by atoms with Crippen LogP contribution in [0.3, 0.4) is 0 Å². The zero-order valence-corrected chi connectivity index (χ0v) is 12.8. The number of halogens is 3. The van der Waals surface area contributed by atoms with Crippen molar-refractivity contribution in [3.05, 3.63) is 64.1 Å². The second-order valence-electron chi connectivity index (χ2n) is 4.12. The molecule has 1 heterocycles. The number of pyridine rings is 1. The lowest BCUT2D eigenvalue weighted by molar-refractivity contribution is 0.625. The summed E-state index contributed by atoms with van der Waals surface area (Å²) in [4.78, 5) is 4.16. The summed E-state index contributed by atoms with van der Waals surface area (Å²) >= 11 is 6.94. The number of rotatable bonds is 4. The highest BCUT2D eigenvalue weighted by atomic mass is 79.9. The second-order valence-corrected chi connectivity index (χ2v) is 5.68. The van der Waals surface area contributed by atoms with Crippen LogP contribution in [0.25, 0.3) is 0 Å². The maximum Gasteiger partial charge on any atom is 0.123 e. The van der Waals surface area contributed by atoms with Crippen molar-refractivity contribution in [2.75, 3.05) is 5.33 Å². The summed E-state index contributed by atoms with van der Waals surface area (Å²) in [6.07, 6.45) is 4.51. The lowest BCUT2D eigenvalue weighted by Crippen LogP contribution is -2.05. The van der Waals surface area contributed by atoms with Gasteiger partial charge in [-0.05, 0) is 57.6 Å². The van der Waals surface area contributed by atoms with Gasteiger partial charge in [-0.25, -0.2) is 4.39 Å². The Morgan fingerprint density at radius 1 is 1.17 bits per heavy atom. The molecule has 0 saturated carbocycles. The first-order valence-corrected chi connectivity index (χ1v) is 7.51. The van der Waals surface area contributed by atoms with Gasteiger partial charge in [0.2, 0.25) is 0 Å². The fourth-order valence-electron chi connectivity index (χ4n) is 1.85. The molecule has 0 aliphatic carbocycles. The first-order valence-electron chi connectivity index (χ1n) is 5.60. The van der Waals surface area contributed by atoms with Crippen molar-refractivity contribution < 1.29 is 4.39 Å². The molecule has 0 bridgehead atoms. The topological polar surface area (TPSA) is 12.9 Å². The SMILES string of the molecule is Fc1ccc(C(CBr)Cc2cncc(Br)c2)cc1. The fourth-order valence-corrected chi connectivity index (χ4v) is 2.86. The molecule has 0 radical (unpaired) electrons. The molecule has 0 fully saturated rings. The third-order valence-electron chi connectivity index (χ3n) is 2.77. The van der Waals surface area contributed by atoms with Gasteiger partial charge < -0.3 is 0 Å². The fraction of sp³-hybridized carbons (Fsp3) is 0.214. The largest absolute Gasteiger partial charge is 0.263 e. The zero-order valence-electron chi connectivity index (χ0n) is 9.61. The molecule has 0 saturated heterocycles. The molecule has 0 aliphatic rings. The highest BCUT2D eigenvalue weighted by Crippen LogP contribution is 2.24. The molecule has 1 aromatic heterocycles. The minimum Gasteiger partial charge on any atom is -0.263 e. The zero-order chi connectivity index (χ0) is 13.0. The second kappa shape index (κ2) is 6.43. The lowest BCUT2D eigenvalue weighted by Gasteiger charge is -2.14. The van der Waals surface area contributed by atoms with Crippen molar-refractivity contribution >= 4 is 31.9 Å². The maximum atomic E-state index is 12.9. The van der Waals surface area contributed by atoms with Crippen LogP contribution in [-0.4, -0.2) is 10.3 Å². The van der Waals surface area contributed by atoms with E-state index in [1.807, 2.05) is 18.3 Å². The molecule has 18 heavy (non-hydrogen) atoms. The molecule has 4 heteroatoms. The van der Waals surface area contributed by atoms with Crippen LogP contribution in [0.15, 0.2) is 47.2 Å². The van der Waals surface area contributed by atoms with Crippen molar-refractivity contribution in [2.45, 2.75) is 12.3 Å². The Hall–Kier alpha value is -0.740. The summed E-state index contributed by atoms with van der Waals surface area (Å²) in [5.41, 5.74) is 2.30. The molecule has 1 aromatic carbocycles. The van der Waals surface area contributed by atoms with Crippen molar-refractivity contribution in [2.24, 2.45) is 0 Å². The molecule has 0 N–H and O–H groups in total. The summed E-state index contributed by atoms with van der Waals surface area (Å²) in [5.74, 6) is 0.123. The Bertz CT molecular complexity index is 513. The van der Waals surface area contributed by atoms with Gasteiger partial charge in [-0.15, -0.1) is 0 Å². The predicted octanol–water partition coefficient (Wildman–Crippen LogP) is 4.70. The van der Waals surface area contributed by atoms with Crippen LogP contribution in [0, 0.1) is 5.82 Å². The first-order chi connectivity index (χ1) is 8.69. The van der Waals surface area contributed by atoms with Crippen LogP contribution in [-0.2, 0) is 6.42 Å². The number of hydrogen-bond acceptors (Lipinski definition) is 1. The molecule has 1 nitrogen and oxygen atoms in total. The Morgan fingerprint density at radius 3 is 2.50 bits per heavy atom. The summed E-state index contributed by atoms with van der Waals surface area (Å²) < 4.78 is 13.9. The van der Waals surface area contributed by atoms with Gasteiger partial charge in [0.15, 0.2) is 0 Å². The third kappa shape index (κ3) is 3.62. The molecule has 94 valence electrons. The van der Waals surface area contributed by atoms with Crippen LogP contribution in [0.2, 0.25) is 0 Å². The van der Waals surface area contributed by atoms with Crippen molar-refractivity contribution in [3.63, 3.8) is 0 Å². The summed E-state index contributed by atoms with van der Waals surface area (Å²) in [6, 6.07) is 8.75. The summed E-state index contributed by atoms with van der Waals surface area (Å²) in [7, 11) is 0. The van der Waals surface area contributed by atoms with Crippen LogP contribution in [0.5, 0.6) is 0 Å². The average molecular weight is 373 g/mol. The van der Waals surface area contributed by atoms with Gasteiger partial charge in [0, 0.05) is 22.2 Å². The average Bonchev–Trinajstić information content (AvgIpc) is 2.37. The monoisotopic (exact) mass is 371 g/mol. The quantitative estimate of drug-likeness (QED) is 0.708. The van der Waals surface area contributed by atoms with Gasteiger partial charge in [0.05, 0.1) is 0 Å². The molecule has 1 unspecified atom stereocenters. The van der Waals surface area contributed by atoms with E-state index >= 15 is 0 Å². The van der Waals surface area contributed by atoms with Gasteiger partial charge in [-0.1, -0.05) is 28.1 Å². The van der Waals surface area contributed by atoms with E-state index in [9.17, 15) is 4.39 Å². The summed E-state index contributed by atoms with van der Waals surface area (Å²) in [5, 5.41) is 0.838. The Morgan fingerprint density at radius 2 is 1.89 bits per heavy atom. The van der Waals surface area contributed by atoms with E-state index in [1.54, 1.807) is 6.20 Å². The van der Waals surface area contributed by atoms with Gasteiger partial charge >= 0.3 is 0 Å². The van der Waals surface area contributed by atoms with E-state index in [1.165, 1.54) is 12.1 Å². The Kier molecular flexibility index (Phi) is 4.89. The van der Waals surface area contributed by atoms with E-state index in [-0.39, 0.29) is 5.82 Å². The number of hydrogen-bond donors (Lipinski definition) is 0. The van der Waals surface area contributed by atoms with Crippen molar-refractivity contribution in [1.29, 1.82) is 0 Å². The highest BCUT2D eigenvalue weighted by Gasteiger charge is 2.11. The van der Waals surface area contributed by atoms with Crippen LogP contribution < -0.4 is 0 Å². The molecule has 2 aromatic rings. The predicted molar refractivity (Wildman–Crippen MR) is 78.6 cm³/mol. The van der Waals surface area contributed by atoms with Gasteiger partial charge in [-0.2, -0.15) is 0 Å².